The van der Waals surface area contributed by atoms with Gasteiger partial charge in [0.05, 0.1) is 6.61 Å². The van der Waals surface area contributed by atoms with Crippen molar-refractivity contribution in [3.63, 3.8) is 0 Å². The van der Waals surface area contributed by atoms with E-state index in [1.807, 2.05) is 0 Å². The minimum atomic E-state index is -1.76. The molecule has 0 aromatic heterocycles. The molecule has 3 heterocycles. The van der Waals surface area contributed by atoms with Crippen molar-refractivity contribution in [3.8, 4) is 0 Å². The number of nitrogens with one attached hydrogen (secondary N) is 1. The third-order valence-corrected chi connectivity index (χ3v) is 3.63. The number of aliphatic hydroxyl groups is 3. The molecule has 1 saturated heterocycles. The highest BCUT2D eigenvalue weighted by molar-refractivity contribution is 7.81. The van der Waals surface area contributed by atoms with Gasteiger partial charge in [0.1, 0.15) is 18.3 Å². The molecule has 0 spiro atoms. The highest BCUT2D eigenvalue weighted by atomic mass is 32.1. The van der Waals surface area contributed by atoms with Crippen molar-refractivity contribution in [1.29, 1.82) is 0 Å². The monoisotopic (exact) mass is 331 g/mol. The molecule has 3 aliphatic rings. The molecule has 11 nitrogen and oxygen atoms in total. The SMILES string of the molecule is NC1(S)N=C2C(=NC(=O)N2[C@@H]2O[C@H](CO)[C@@H](O)[C@H]2O)C(=O)N1. The minimum absolute atomic E-state index is 0.221. The van der Waals surface area contributed by atoms with E-state index in [0.29, 0.717) is 0 Å². The molecule has 0 bridgehead atoms. The zero-order valence-corrected chi connectivity index (χ0v) is 11.8. The average Bonchev–Trinajstić information content (AvgIpc) is 2.88. The van der Waals surface area contributed by atoms with Crippen LogP contribution in [0, 0.1) is 0 Å². The maximum absolute atomic E-state index is 12.0. The lowest BCUT2D eigenvalue weighted by molar-refractivity contribution is -0.115. The lowest BCUT2D eigenvalue weighted by Crippen LogP contribution is -2.60. The quantitative estimate of drug-likeness (QED) is 0.223. The summed E-state index contributed by atoms with van der Waals surface area (Å²) in [5.41, 5.74) is 5.31. The Balaban J connectivity index is 1.97. The summed E-state index contributed by atoms with van der Waals surface area (Å²) in [4.78, 5) is 32.1. The van der Waals surface area contributed by atoms with E-state index in [0.717, 1.165) is 4.90 Å². The van der Waals surface area contributed by atoms with E-state index in [2.05, 4.69) is 27.9 Å². The average molecular weight is 331 g/mol. The Morgan fingerprint density at radius 2 is 2.09 bits per heavy atom. The number of nitrogens with zero attached hydrogens (tertiary/aromatic N) is 3. The number of fused-ring (bicyclic) bond motifs is 1. The molecule has 22 heavy (non-hydrogen) atoms. The summed E-state index contributed by atoms with van der Waals surface area (Å²) in [7, 11) is 0. The number of nitrogens with two attached hydrogens (primary N) is 1. The fourth-order valence-electron chi connectivity index (χ4n) is 2.40. The first-order valence-corrected chi connectivity index (χ1v) is 6.68. The van der Waals surface area contributed by atoms with E-state index in [1.165, 1.54) is 0 Å². The Morgan fingerprint density at radius 3 is 2.68 bits per heavy atom. The molecule has 120 valence electrons. The smallest absolute Gasteiger partial charge is 0.352 e. The number of rotatable bonds is 2. The van der Waals surface area contributed by atoms with E-state index in [1.54, 1.807) is 0 Å². The molecule has 0 saturated carbocycles. The number of carbonyl (C=O) groups is 2. The van der Waals surface area contributed by atoms with Gasteiger partial charge in [0.25, 0.3) is 5.91 Å². The predicted octanol–water partition coefficient (Wildman–Crippen LogP) is -3.67. The van der Waals surface area contributed by atoms with E-state index in [-0.39, 0.29) is 11.5 Å². The number of ether oxygens (including phenoxy) is 1. The molecule has 3 aliphatic heterocycles. The Hall–Kier alpha value is -1.57. The van der Waals surface area contributed by atoms with Crippen molar-refractivity contribution in [2.45, 2.75) is 29.7 Å². The van der Waals surface area contributed by atoms with Crippen LogP contribution in [0.5, 0.6) is 0 Å². The summed E-state index contributed by atoms with van der Waals surface area (Å²) >= 11 is 3.92. The fraction of sp³-hybridized carbons (Fsp3) is 0.600. The minimum Gasteiger partial charge on any atom is -0.394 e. The summed E-state index contributed by atoms with van der Waals surface area (Å²) in [6, 6.07) is -0.912. The van der Waals surface area contributed by atoms with Crippen molar-refractivity contribution in [3.05, 3.63) is 0 Å². The summed E-state index contributed by atoms with van der Waals surface area (Å²) in [5.74, 6) is -0.980. The van der Waals surface area contributed by atoms with Gasteiger partial charge in [0.2, 0.25) is 5.12 Å². The summed E-state index contributed by atoms with van der Waals surface area (Å²) in [6.07, 6.45) is -5.39. The second kappa shape index (κ2) is 4.97. The van der Waals surface area contributed by atoms with Crippen molar-refractivity contribution >= 4 is 36.1 Å². The summed E-state index contributed by atoms with van der Waals surface area (Å²) in [5, 5.41) is 29.3. The Labute approximate surface area is 128 Å². The molecular formula is C10H13N5O6S. The van der Waals surface area contributed by atoms with Crippen LogP contribution in [-0.4, -0.2) is 80.0 Å². The van der Waals surface area contributed by atoms with Crippen LogP contribution in [0.4, 0.5) is 4.79 Å². The Bertz CT molecular complexity index is 607. The largest absolute Gasteiger partial charge is 0.394 e. The number of amidine groups is 1. The highest BCUT2D eigenvalue weighted by Gasteiger charge is 2.53. The van der Waals surface area contributed by atoms with E-state index in [4.69, 9.17) is 15.6 Å². The molecule has 6 N–H and O–H groups in total. The van der Waals surface area contributed by atoms with Crippen molar-refractivity contribution in [1.82, 2.24) is 10.2 Å². The van der Waals surface area contributed by atoms with Crippen LogP contribution in [0.3, 0.4) is 0 Å². The maximum atomic E-state index is 12.0. The van der Waals surface area contributed by atoms with Crippen LogP contribution in [0.25, 0.3) is 0 Å². The zero-order chi connectivity index (χ0) is 16.2. The standard InChI is InChI=1S/C10H13N5O6S/c11-10(22)13-6-3(7(19)14-10)12-9(20)15(6)8-5(18)4(17)2(1-16)21-8/h2,4-5,8,16-18,22H,1,11H2,(H,14,19)/t2-,4-,5-,8-,10?/m1/s1. The number of aliphatic imine (C=N–C) groups is 2. The van der Waals surface area contributed by atoms with Crippen LogP contribution in [0.15, 0.2) is 9.98 Å². The van der Waals surface area contributed by atoms with Gasteiger partial charge < -0.3 is 25.4 Å². The molecular weight excluding hydrogens is 318 g/mol. The molecule has 12 heteroatoms. The van der Waals surface area contributed by atoms with E-state index in [9.17, 15) is 19.8 Å². The Kier molecular flexibility index (Phi) is 3.47. The van der Waals surface area contributed by atoms with Gasteiger partial charge in [-0.3, -0.25) is 10.5 Å². The number of hydrogen-bond donors (Lipinski definition) is 6. The first-order valence-electron chi connectivity index (χ1n) is 6.23. The number of urea groups is 1. The third kappa shape index (κ3) is 2.20. The topological polar surface area (TPSA) is 170 Å². The normalized spacial score (nSPS) is 41.2. The molecule has 3 rings (SSSR count). The van der Waals surface area contributed by atoms with Gasteiger partial charge in [0, 0.05) is 0 Å². The lowest BCUT2D eigenvalue weighted by Gasteiger charge is -2.31. The van der Waals surface area contributed by atoms with Crippen LogP contribution in [0.2, 0.25) is 0 Å². The molecule has 3 amide bonds. The van der Waals surface area contributed by atoms with Crippen LogP contribution in [-0.2, 0) is 9.53 Å². The predicted molar refractivity (Wildman–Crippen MR) is 73.9 cm³/mol. The van der Waals surface area contributed by atoms with Gasteiger partial charge in [-0.15, -0.1) is 12.6 Å². The first kappa shape index (κ1) is 15.3. The van der Waals surface area contributed by atoms with Gasteiger partial charge >= 0.3 is 6.03 Å². The van der Waals surface area contributed by atoms with Gasteiger partial charge in [-0.1, -0.05) is 0 Å². The van der Waals surface area contributed by atoms with Crippen molar-refractivity contribution < 1.29 is 29.6 Å². The Morgan fingerprint density at radius 1 is 1.41 bits per heavy atom. The van der Waals surface area contributed by atoms with Gasteiger partial charge in [-0.05, 0) is 0 Å². The third-order valence-electron chi connectivity index (χ3n) is 3.41. The number of aliphatic hydroxyl groups excluding tert-OH is 3. The molecule has 0 aromatic rings. The second-order valence-corrected chi connectivity index (χ2v) is 5.64. The molecule has 0 radical (unpaired) electrons. The fourth-order valence-corrected chi connectivity index (χ4v) is 2.60. The van der Waals surface area contributed by atoms with Gasteiger partial charge in [-0.2, -0.15) is 4.99 Å². The molecule has 1 fully saturated rings. The maximum Gasteiger partial charge on any atom is 0.352 e. The molecule has 1 unspecified atom stereocenters. The van der Waals surface area contributed by atoms with Crippen molar-refractivity contribution in [2.75, 3.05) is 6.61 Å². The second-order valence-electron chi connectivity index (χ2n) is 4.96. The van der Waals surface area contributed by atoms with Crippen LogP contribution in [0.1, 0.15) is 0 Å². The first-order chi connectivity index (χ1) is 10.2. The highest BCUT2D eigenvalue weighted by Crippen LogP contribution is 2.29. The number of thiol groups is 1. The van der Waals surface area contributed by atoms with Crippen molar-refractivity contribution in [2.24, 2.45) is 15.7 Å². The molecule has 0 aliphatic carbocycles. The van der Waals surface area contributed by atoms with Crippen LogP contribution >= 0.6 is 12.6 Å². The molecule has 0 aromatic carbocycles. The van der Waals surface area contributed by atoms with Gasteiger partial charge in [0.15, 0.2) is 17.8 Å². The number of amides is 3. The van der Waals surface area contributed by atoms with E-state index < -0.39 is 48.2 Å². The molecule has 5 atom stereocenters. The van der Waals surface area contributed by atoms with E-state index >= 15 is 0 Å². The van der Waals surface area contributed by atoms with Crippen LogP contribution < -0.4 is 11.1 Å². The summed E-state index contributed by atoms with van der Waals surface area (Å²) in [6.45, 7) is -0.565. The number of carbonyl (C=O) groups excluding carboxylic acids is 2. The summed E-state index contributed by atoms with van der Waals surface area (Å²) < 4.78 is 5.25. The number of hydrogen-bond acceptors (Lipinski definition) is 9. The van der Waals surface area contributed by atoms with Gasteiger partial charge in [-0.25, -0.2) is 14.7 Å². The zero-order valence-electron chi connectivity index (χ0n) is 10.9. The lowest BCUT2D eigenvalue weighted by atomic mass is 10.1.